The second-order valence-electron chi connectivity index (χ2n) is 10.0. The minimum Gasteiger partial charge on any atom is -0.264 e. The van der Waals surface area contributed by atoms with Crippen LogP contribution in [-0.2, 0) is 0 Å². The van der Waals surface area contributed by atoms with E-state index >= 15 is 0 Å². The molecular formula is C38H26N4. The normalized spacial score (nSPS) is 10.9. The maximum Gasteiger partial charge on any atom is 0.160 e. The molecule has 0 fully saturated rings. The van der Waals surface area contributed by atoms with Gasteiger partial charge in [0, 0.05) is 41.5 Å². The highest BCUT2D eigenvalue weighted by atomic mass is 14.9. The van der Waals surface area contributed by atoms with Gasteiger partial charge in [-0.05, 0) is 51.6 Å². The van der Waals surface area contributed by atoms with Crippen LogP contribution in [0.5, 0.6) is 0 Å². The van der Waals surface area contributed by atoms with Crippen molar-refractivity contribution in [1.82, 2.24) is 19.9 Å². The molecule has 0 saturated carbocycles. The molecule has 3 aromatic heterocycles. The maximum absolute atomic E-state index is 5.04. The molecule has 7 aromatic rings. The number of nitrogens with zero attached hydrogens (tertiary/aromatic N) is 4. The van der Waals surface area contributed by atoms with Crippen LogP contribution in [0.3, 0.4) is 0 Å². The first-order valence-electron chi connectivity index (χ1n) is 13.9. The molecule has 7 rings (SSSR count). The fourth-order valence-electron chi connectivity index (χ4n) is 5.05. The summed E-state index contributed by atoms with van der Waals surface area (Å²) in [5, 5.41) is 0. The molecule has 0 bridgehead atoms. The van der Waals surface area contributed by atoms with Gasteiger partial charge in [-0.25, -0.2) is 9.97 Å². The van der Waals surface area contributed by atoms with Crippen molar-refractivity contribution in [3.8, 4) is 67.3 Å². The van der Waals surface area contributed by atoms with Crippen LogP contribution in [-0.4, -0.2) is 19.9 Å². The topological polar surface area (TPSA) is 51.6 Å². The summed E-state index contributed by atoms with van der Waals surface area (Å²) >= 11 is 0. The quantitative estimate of drug-likeness (QED) is 0.212. The molecule has 0 unspecified atom stereocenters. The highest BCUT2D eigenvalue weighted by Crippen LogP contribution is 2.31. The van der Waals surface area contributed by atoms with Crippen LogP contribution in [0.25, 0.3) is 67.3 Å². The lowest BCUT2D eigenvalue weighted by Crippen LogP contribution is -1.96. The first kappa shape index (κ1) is 25.2. The van der Waals surface area contributed by atoms with Gasteiger partial charge in [0.25, 0.3) is 0 Å². The largest absolute Gasteiger partial charge is 0.264 e. The molecule has 0 aliphatic carbocycles. The van der Waals surface area contributed by atoms with Crippen LogP contribution in [0.1, 0.15) is 0 Å². The minimum absolute atomic E-state index is 0.684. The molecule has 0 N–H and O–H groups in total. The Kier molecular flexibility index (Phi) is 6.85. The van der Waals surface area contributed by atoms with Crippen LogP contribution >= 0.6 is 0 Å². The summed E-state index contributed by atoms with van der Waals surface area (Å²) in [4.78, 5) is 18.6. The van der Waals surface area contributed by atoms with Gasteiger partial charge in [-0.1, -0.05) is 115 Å². The Balaban J connectivity index is 1.29. The van der Waals surface area contributed by atoms with Crippen LogP contribution in [0.2, 0.25) is 0 Å². The van der Waals surface area contributed by atoms with Crippen molar-refractivity contribution < 1.29 is 0 Å². The SMILES string of the molecule is c1ccc(-c2ccc(-c3cc(-c4ccc(-c5cccnc5)cc4)nc(-c4ccc(-c5cccnc5)cc4)n3)cc2)cc1. The molecule has 3 heterocycles. The maximum atomic E-state index is 5.04. The van der Waals surface area contributed by atoms with E-state index in [4.69, 9.17) is 9.97 Å². The number of hydrogen-bond acceptors (Lipinski definition) is 4. The molecule has 0 saturated heterocycles. The van der Waals surface area contributed by atoms with Crippen molar-refractivity contribution >= 4 is 0 Å². The lowest BCUT2D eigenvalue weighted by atomic mass is 10.0. The summed E-state index contributed by atoms with van der Waals surface area (Å²) < 4.78 is 0. The number of pyridine rings is 2. The molecular weight excluding hydrogens is 512 g/mol. The van der Waals surface area contributed by atoms with Gasteiger partial charge in [-0.15, -0.1) is 0 Å². The third-order valence-corrected chi connectivity index (χ3v) is 7.33. The van der Waals surface area contributed by atoms with E-state index in [1.54, 1.807) is 12.4 Å². The fourth-order valence-corrected chi connectivity index (χ4v) is 5.05. The average Bonchev–Trinajstić information content (AvgIpc) is 3.09. The monoisotopic (exact) mass is 538 g/mol. The number of benzene rings is 4. The van der Waals surface area contributed by atoms with E-state index in [9.17, 15) is 0 Å². The number of hydrogen-bond donors (Lipinski definition) is 0. The van der Waals surface area contributed by atoms with Gasteiger partial charge in [0.15, 0.2) is 5.82 Å². The predicted octanol–water partition coefficient (Wildman–Crippen LogP) is 9.27. The lowest BCUT2D eigenvalue weighted by molar-refractivity contribution is 1.18. The molecule has 42 heavy (non-hydrogen) atoms. The van der Waals surface area contributed by atoms with E-state index in [0.29, 0.717) is 5.82 Å². The van der Waals surface area contributed by atoms with Crippen LogP contribution in [0.15, 0.2) is 158 Å². The smallest absolute Gasteiger partial charge is 0.160 e. The van der Waals surface area contributed by atoms with E-state index in [1.807, 2.05) is 30.6 Å². The van der Waals surface area contributed by atoms with Crippen LogP contribution in [0, 0.1) is 0 Å². The highest BCUT2D eigenvalue weighted by molar-refractivity contribution is 5.76. The van der Waals surface area contributed by atoms with Crippen LogP contribution in [0.4, 0.5) is 0 Å². The molecule has 198 valence electrons. The summed E-state index contributed by atoms with van der Waals surface area (Å²) in [5.41, 5.74) is 11.5. The second-order valence-corrected chi connectivity index (χ2v) is 10.0. The van der Waals surface area contributed by atoms with E-state index in [2.05, 4.69) is 125 Å². The van der Waals surface area contributed by atoms with Gasteiger partial charge < -0.3 is 0 Å². The Hall–Kier alpha value is -5.74. The Morgan fingerprint density at radius 1 is 0.310 bits per heavy atom. The van der Waals surface area contributed by atoms with Crippen molar-refractivity contribution in [3.05, 3.63) is 158 Å². The first-order chi connectivity index (χ1) is 20.8. The van der Waals surface area contributed by atoms with Crippen molar-refractivity contribution in [2.45, 2.75) is 0 Å². The van der Waals surface area contributed by atoms with Crippen molar-refractivity contribution in [1.29, 1.82) is 0 Å². The first-order valence-corrected chi connectivity index (χ1v) is 13.9. The van der Waals surface area contributed by atoms with Gasteiger partial charge in [0.05, 0.1) is 11.4 Å². The molecule has 0 amide bonds. The third-order valence-electron chi connectivity index (χ3n) is 7.33. The van der Waals surface area contributed by atoms with E-state index in [1.165, 1.54) is 11.1 Å². The van der Waals surface area contributed by atoms with Crippen LogP contribution < -0.4 is 0 Å². The predicted molar refractivity (Wildman–Crippen MR) is 170 cm³/mol. The standard InChI is InChI=1S/C38H26N4/c1-2-6-27(7-3-1)28-10-16-31(17-11-28)36-24-37(32-18-12-29(13-19-32)34-8-4-22-39-25-34)42-38(41-36)33-20-14-30(15-21-33)35-9-5-23-40-26-35/h1-26H. The van der Waals surface area contributed by atoms with Gasteiger partial charge in [0.1, 0.15) is 0 Å². The summed E-state index contributed by atoms with van der Waals surface area (Å²) in [6, 6.07) is 45.9. The van der Waals surface area contributed by atoms with Gasteiger partial charge in [-0.2, -0.15) is 0 Å². The van der Waals surface area contributed by atoms with Crippen molar-refractivity contribution in [2.24, 2.45) is 0 Å². The van der Waals surface area contributed by atoms with Crippen molar-refractivity contribution in [3.63, 3.8) is 0 Å². The molecule has 0 atom stereocenters. The Morgan fingerprint density at radius 3 is 1.14 bits per heavy atom. The van der Waals surface area contributed by atoms with E-state index in [0.717, 1.165) is 50.3 Å². The zero-order valence-electron chi connectivity index (χ0n) is 22.8. The minimum atomic E-state index is 0.684. The van der Waals surface area contributed by atoms with E-state index < -0.39 is 0 Å². The fraction of sp³-hybridized carbons (Fsp3) is 0. The van der Waals surface area contributed by atoms with E-state index in [-0.39, 0.29) is 0 Å². The van der Waals surface area contributed by atoms with Gasteiger partial charge >= 0.3 is 0 Å². The number of aromatic nitrogens is 4. The zero-order valence-corrected chi connectivity index (χ0v) is 22.8. The summed E-state index contributed by atoms with van der Waals surface area (Å²) in [6.07, 6.45) is 7.33. The second kappa shape index (κ2) is 11.4. The summed E-state index contributed by atoms with van der Waals surface area (Å²) in [6.45, 7) is 0. The average molecular weight is 539 g/mol. The molecule has 0 spiro atoms. The zero-order chi connectivity index (χ0) is 28.1. The molecule has 0 aliphatic heterocycles. The number of rotatable bonds is 6. The highest BCUT2D eigenvalue weighted by Gasteiger charge is 2.12. The molecule has 4 aromatic carbocycles. The summed E-state index contributed by atoms with van der Waals surface area (Å²) in [7, 11) is 0. The lowest BCUT2D eigenvalue weighted by Gasteiger charge is -2.11. The Bertz CT molecular complexity index is 1680. The van der Waals surface area contributed by atoms with Crippen molar-refractivity contribution in [2.75, 3.05) is 0 Å². The summed E-state index contributed by atoms with van der Waals surface area (Å²) in [5.74, 6) is 0.684. The Morgan fingerprint density at radius 2 is 0.690 bits per heavy atom. The van der Waals surface area contributed by atoms with Gasteiger partial charge in [0.2, 0.25) is 0 Å². The molecule has 0 radical (unpaired) electrons. The van der Waals surface area contributed by atoms with Gasteiger partial charge in [-0.3, -0.25) is 9.97 Å². The molecule has 0 aliphatic rings. The Labute approximate surface area is 245 Å². The third kappa shape index (κ3) is 5.34. The molecule has 4 nitrogen and oxygen atoms in total. The molecule has 4 heteroatoms.